The highest BCUT2D eigenvalue weighted by atomic mass is 14.9. The molecule has 1 heterocycles. The van der Waals surface area contributed by atoms with Crippen LogP contribution in [0, 0.1) is 11.3 Å². The van der Waals surface area contributed by atoms with Gasteiger partial charge in [0.05, 0.1) is 17.8 Å². The van der Waals surface area contributed by atoms with Crippen molar-refractivity contribution in [2.24, 2.45) is 0 Å². The summed E-state index contributed by atoms with van der Waals surface area (Å²) in [6, 6.07) is 48.9. The van der Waals surface area contributed by atoms with Crippen molar-refractivity contribution in [2.75, 3.05) is 0 Å². The average molecular weight is 494 g/mol. The summed E-state index contributed by atoms with van der Waals surface area (Å²) >= 11 is 0. The SMILES string of the molecule is CCCC[B-](c1ccccc1)(c1ccccc1)c1ccccc1.N#Cc1ccc(C[n+]2ccccc2)cc1. The van der Waals surface area contributed by atoms with E-state index in [2.05, 4.69) is 109 Å². The average Bonchev–Trinajstić information content (AvgIpc) is 3.00. The largest absolute Gasteiger partial charge is 0.201 e. The van der Waals surface area contributed by atoms with Gasteiger partial charge < -0.3 is 0 Å². The first-order valence-electron chi connectivity index (χ1n) is 13.5. The van der Waals surface area contributed by atoms with Crippen molar-refractivity contribution in [1.29, 1.82) is 5.26 Å². The topological polar surface area (TPSA) is 27.7 Å². The van der Waals surface area contributed by atoms with Gasteiger partial charge in [-0.05, 0) is 12.1 Å². The Labute approximate surface area is 227 Å². The number of benzene rings is 4. The molecule has 0 amide bonds. The third kappa shape index (κ3) is 6.66. The molecule has 0 fully saturated rings. The fourth-order valence-corrected chi connectivity index (χ4v) is 5.37. The van der Waals surface area contributed by atoms with Crippen molar-refractivity contribution in [2.45, 2.75) is 32.6 Å². The van der Waals surface area contributed by atoms with Crippen LogP contribution in [0.5, 0.6) is 0 Å². The zero-order chi connectivity index (χ0) is 26.5. The van der Waals surface area contributed by atoms with Crippen molar-refractivity contribution in [1.82, 2.24) is 0 Å². The van der Waals surface area contributed by atoms with E-state index in [1.54, 1.807) is 0 Å². The molecule has 188 valence electrons. The molecule has 0 aliphatic carbocycles. The Morgan fingerprint density at radius 1 is 0.605 bits per heavy atom. The van der Waals surface area contributed by atoms with Crippen LogP contribution in [-0.2, 0) is 6.54 Å². The number of pyridine rings is 1. The number of hydrogen-bond donors (Lipinski definition) is 0. The predicted molar refractivity (Wildman–Crippen MR) is 161 cm³/mol. The van der Waals surface area contributed by atoms with Crippen molar-refractivity contribution in [3.8, 4) is 6.07 Å². The fraction of sp³-hybridized carbons (Fsp3) is 0.143. The Morgan fingerprint density at radius 3 is 1.47 bits per heavy atom. The number of aromatic nitrogens is 1. The van der Waals surface area contributed by atoms with Gasteiger partial charge in [0, 0.05) is 17.7 Å². The molecule has 0 aliphatic rings. The van der Waals surface area contributed by atoms with E-state index in [0.717, 1.165) is 6.54 Å². The lowest BCUT2D eigenvalue weighted by molar-refractivity contribution is -0.688. The lowest BCUT2D eigenvalue weighted by Crippen LogP contribution is -2.66. The van der Waals surface area contributed by atoms with Gasteiger partial charge in [-0.25, -0.2) is 4.57 Å². The van der Waals surface area contributed by atoms with E-state index in [1.807, 2.05) is 54.9 Å². The van der Waals surface area contributed by atoms with E-state index in [9.17, 15) is 0 Å². The van der Waals surface area contributed by atoms with Gasteiger partial charge in [0.25, 0.3) is 0 Å². The third-order valence-corrected chi connectivity index (χ3v) is 7.32. The number of nitriles is 1. The summed E-state index contributed by atoms with van der Waals surface area (Å²) in [4.78, 5) is 0. The van der Waals surface area contributed by atoms with Crippen molar-refractivity contribution in [3.63, 3.8) is 0 Å². The highest BCUT2D eigenvalue weighted by Gasteiger charge is 2.28. The maximum Gasteiger partial charge on any atom is 0.173 e. The normalized spacial score (nSPS) is 10.6. The Kier molecular flexibility index (Phi) is 9.66. The lowest BCUT2D eigenvalue weighted by Gasteiger charge is -2.43. The molecule has 0 spiro atoms. The van der Waals surface area contributed by atoms with Gasteiger partial charge >= 0.3 is 0 Å². The fourth-order valence-electron chi connectivity index (χ4n) is 5.37. The minimum Gasteiger partial charge on any atom is -0.201 e. The second-order valence-corrected chi connectivity index (χ2v) is 9.78. The standard InChI is InChI=1S/C22H24B.C13H11N2/c1-2-3-19-23(20-13-7-4-8-14-20,21-15-9-5-10-16-21)22-17-11-6-12-18-22;14-10-12-4-6-13(7-5-12)11-15-8-2-1-3-9-15/h4-18H,2-3,19H2,1H3;1-9H,11H2/q-1;+1. The Bertz CT molecular complexity index is 1300. The molecule has 5 aromatic rings. The monoisotopic (exact) mass is 494 g/mol. The Balaban J connectivity index is 0.000000194. The molecule has 0 radical (unpaired) electrons. The van der Waals surface area contributed by atoms with Crippen LogP contribution >= 0.6 is 0 Å². The Hall–Kier alpha value is -4.42. The van der Waals surface area contributed by atoms with Gasteiger partial charge in [0.1, 0.15) is 0 Å². The molecule has 1 aromatic heterocycles. The summed E-state index contributed by atoms with van der Waals surface area (Å²) in [6.45, 7) is 3.12. The molecule has 0 bridgehead atoms. The van der Waals surface area contributed by atoms with E-state index >= 15 is 0 Å². The van der Waals surface area contributed by atoms with Crippen LogP contribution in [-0.4, -0.2) is 6.15 Å². The Morgan fingerprint density at radius 2 is 1.05 bits per heavy atom. The van der Waals surface area contributed by atoms with E-state index < -0.39 is 6.15 Å². The maximum atomic E-state index is 8.66. The summed E-state index contributed by atoms with van der Waals surface area (Å²) in [7, 11) is 0. The molecule has 0 N–H and O–H groups in total. The van der Waals surface area contributed by atoms with Crippen molar-refractivity contribution in [3.05, 3.63) is 157 Å². The summed E-state index contributed by atoms with van der Waals surface area (Å²) in [5, 5.41) is 8.66. The second kappa shape index (κ2) is 13.8. The first-order chi connectivity index (χ1) is 18.8. The van der Waals surface area contributed by atoms with Gasteiger partial charge in [0.2, 0.25) is 0 Å². The molecule has 0 unspecified atom stereocenters. The number of hydrogen-bond acceptors (Lipinski definition) is 1. The predicted octanol–water partition coefficient (Wildman–Crippen LogP) is 5.85. The van der Waals surface area contributed by atoms with Gasteiger partial charge in [-0.15, -0.1) is 0 Å². The highest BCUT2D eigenvalue weighted by Crippen LogP contribution is 2.16. The van der Waals surface area contributed by atoms with E-state index in [0.29, 0.717) is 5.56 Å². The van der Waals surface area contributed by atoms with E-state index in [1.165, 1.54) is 41.1 Å². The van der Waals surface area contributed by atoms with Crippen molar-refractivity contribution < 1.29 is 4.57 Å². The van der Waals surface area contributed by atoms with Crippen LogP contribution in [0.2, 0.25) is 6.32 Å². The molecular formula is C35H35BN2. The molecule has 0 saturated heterocycles. The first-order valence-corrected chi connectivity index (χ1v) is 13.5. The molecule has 2 nitrogen and oxygen atoms in total. The zero-order valence-corrected chi connectivity index (χ0v) is 22.2. The van der Waals surface area contributed by atoms with Crippen LogP contribution < -0.4 is 21.0 Å². The maximum absolute atomic E-state index is 8.66. The van der Waals surface area contributed by atoms with Crippen LogP contribution in [0.3, 0.4) is 0 Å². The zero-order valence-electron chi connectivity index (χ0n) is 22.2. The molecule has 0 saturated carbocycles. The molecule has 4 aromatic carbocycles. The molecule has 3 heteroatoms. The van der Waals surface area contributed by atoms with Gasteiger partial charge in [-0.3, -0.25) is 0 Å². The molecule has 5 rings (SSSR count). The highest BCUT2D eigenvalue weighted by molar-refractivity contribution is 7.11. The second-order valence-electron chi connectivity index (χ2n) is 9.78. The first kappa shape index (κ1) is 26.6. The van der Waals surface area contributed by atoms with E-state index in [-0.39, 0.29) is 0 Å². The van der Waals surface area contributed by atoms with Crippen LogP contribution in [0.4, 0.5) is 0 Å². The molecular weight excluding hydrogens is 459 g/mol. The lowest BCUT2D eigenvalue weighted by atomic mass is 9.14. The summed E-state index contributed by atoms with van der Waals surface area (Å²) in [5.41, 5.74) is 6.23. The van der Waals surface area contributed by atoms with Gasteiger partial charge in [0.15, 0.2) is 18.9 Å². The molecule has 0 atom stereocenters. The van der Waals surface area contributed by atoms with Crippen LogP contribution in [0.15, 0.2) is 146 Å². The minimum atomic E-state index is -0.913. The molecule has 38 heavy (non-hydrogen) atoms. The van der Waals surface area contributed by atoms with Crippen LogP contribution in [0.1, 0.15) is 30.9 Å². The van der Waals surface area contributed by atoms with Crippen molar-refractivity contribution >= 4 is 22.5 Å². The van der Waals surface area contributed by atoms with E-state index in [4.69, 9.17) is 5.26 Å². The minimum absolute atomic E-state index is 0.705. The van der Waals surface area contributed by atoms with Crippen LogP contribution in [0.25, 0.3) is 0 Å². The molecule has 0 aliphatic heterocycles. The van der Waals surface area contributed by atoms with Gasteiger partial charge in [-0.1, -0.05) is 129 Å². The third-order valence-electron chi connectivity index (χ3n) is 7.32. The smallest absolute Gasteiger partial charge is 0.173 e. The summed E-state index contributed by atoms with van der Waals surface area (Å²) < 4.78 is 2.10. The quantitative estimate of drug-likeness (QED) is 0.196. The van der Waals surface area contributed by atoms with Gasteiger partial charge in [-0.2, -0.15) is 28.0 Å². The summed E-state index contributed by atoms with van der Waals surface area (Å²) in [5.74, 6) is 0. The number of rotatable bonds is 8. The summed E-state index contributed by atoms with van der Waals surface area (Å²) in [6.07, 6.45) is 6.78. The number of unbranched alkanes of at least 4 members (excludes halogenated alkanes) is 1. The number of nitrogens with zero attached hydrogens (tertiary/aromatic N) is 2.